The highest BCUT2D eigenvalue weighted by Gasteiger charge is 2.20. The smallest absolute Gasteiger partial charge is 0.379 e. The summed E-state index contributed by atoms with van der Waals surface area (Å²) in [5.41, 5.74) is 0. The van der Waals surface area contributed by atoms with Crippen LogP contribution in [0.5, 0.6) is 0 Å². The van der Waals surface area contributed by atoms with E-state index in [1.54, 1.807) is 18.5 Å². The summed E-state index contributed by atoms with van der Waals surface area (Å²) in [7, 11) is 0. The number of hydrogen-bond acceptors (Lipinski definition) is 7. The Morgan fingerprint density at radius 1 is 1.33 bits per heavy atom. The predicted molar refractivity (Wildman–Crippen MR) is 73.6 cm³/mol. The Hall–Kier alpha value is -2.06. The van der Waals surface area contributed by atoms with Crippen molar-refractivity contribution >= 4 is 0 Å². The van der Waals surface area contributed by atoms with E-state index < -0.39 is 5.76 Å². The second-order valence-corrected chi connectivity index (χ2v) is 4.96. The molecule has 21 heavy (non-hydrogen) atoms. The summed E-state index contributed by atoms with van der Waals surface area (Å²) in [6.45, 7) is 5.62. The normalized spacial score (nSPS) is 19.8. The van der Waals surface area contributed by atoms with Crippen LogP contribution in [0.1, 0.15) is 6.92 Å². The Morgan fingerprint density at radius 2 is 2.14 bits per heavy atom. The molecule has 1 saturated heterocycles. The standard InChI is InChI=1S/C13H17N5O3/c1-10-9-20-8-7-17(10)5-6-18-12(16-21-13(18)19)11-14-3-2-4-15-11/h2-4,10H,5-9H2,1H3. The van der Waals surface area contributed by atoms with Crippen LogP contribution in [0.25, 0.3) is 11.6 Å². The first kappa shape index (κ1) is 13.9. The van der Waals surface area contributed by atoms with Crippen molar-refractivity contribution < 1.29 is 9.26 Å². The van der Waals surface area contributed by atoms with Crippen LogP contribution in [0.3, 0.4) is 0 Å². The molecule has 0 radical (unpaired) electrons. The molecule has 1 aliphatic heterocycles. The quantitative estimate of drug-likeness (QED) is 0.784. The van der Waals surface area contributed by atoms with Crippen molar-refractivity contribution in [2.24, 2.45) is 0 Å². The lowest BCUT2D eigenvalue weighted by atomic mass is 10.2. The zero-order valence-electron chi connectivity index (χ0n) is 11.8. The molecule has 0 amide bonds. The Kier molecular flexibility index (Phi) is 4.07. The van der Waals surface area contributed by atoms with Crippen LogP contribution in [-0.4, -0.2) is 56.9 Å². The minimum atomic E-state index is -0.488. The van der Waals surface area contributed by atoms with Gasteiger partial charge < -0.3 is 4.74 Å². The van der Waals surface area contributed by atoms with Crippen LogP contribution in [0.15, 0.2) is 27.8 Å². The molecule has 8 nitrogen and oxygen atoms in total. The zero-order valence-corrected chi connectivity index (χ0v) is 11.8. The summed E-state index contributed by atoms with van der Waals surface area (Å²) in [4.78, 5) is 22.3. The van der Waals surface area contributed by atoms with Gasteiger partial charge in [0.1, 0.15) is 0 Å². The molecule has 0 saturated carbocycles. The predicted octanol–water partition coefficient (Wildman–Crippen LogP) is 0.0140. The minimum absolute atomic E-state index is 0.339. The molecule has 1 unspecified atom stereocenters. The van der Waals surface area contributed by atoms with Crippen molar-refractivity contribution in [2.75, 3.05) is 26.3 Å². The van der Waals surface area contributed by atoms with E-state index >= 15 is 0 Å². The molecule has 112 valence electrons. The number of nitrogens with zero attached hydrogens (tertiary/aromatic N) is 5. The fourth-order valence-corrected chi connectivity index (χ4v) is 2.36. The first-order valence-electron chi connectivity index (χ1n) is 6.91. The molecule has 0 aliphatic carbocycles. The summed E-state index contributed by atoms with van der Waals surface area (Å²) in [5.74, 6) is 0.262. The molecule has 8 heteroatoms. The van der Waals surface area contributed by atoms with Crippen molar-refractivity contribution in [3.05, 3.63) is 29.0 Å². The summed E-state index contributed by atoms with van der Waals surface area (Å²) < 4.78 is 11.6. The van der Waals surface area contributed by atoms with E-state index in [9.17, 15) is 4.79 Å². The third kappa shape index (κ3) is 3.01. The van der Waals surface area contributed by atoms with E-state index in [4.69, 9.17) is 9.26 Å². The lowest BCUT2D eigenvalue weighted by Gasteiger charge is -2.33. The third-order valence-electron chi connectivity index (χ3n) is 3.57. The van der Waals surface area contributed by atoms with Gasteiger partial charge in [-0.1, -0.05) is 5.16 Å². The largest absolute Gasteiger partial charge is 0.442 e. The van der Waals surface area contributed by atoms with Gasteiger partial charge in [-0.3, -0.25) is 14.0 Å². The van der Waals surface area contributed by atoms with E-state index in [1.165, 1.54) is 4.57 Å². The first-order valence-corrected chi connectivity index (χ1v) is 6.91. The van der Waals surface area contributed by atoms with E-state index in [1.807, 2.05) is 0 Å². The van der Waals surface area contributed by atoms with Crippen LogP contribution in [0.4, 0.5) is 0 Å². The maximum atomic E-state index is 11.8. The summed E-state index contributed by atoms with van der Waals surface area (Å²) in [5, 5.41) is 3.78. The minimum Gasteiger partial charge on any atom is -0.379 e. The van der Waals surface area contributed by atoms with E-state index in [-0.39, 0.29) is 0 Å². The van der Waals surface area contributed by atoms with Crippen LogP contribution >= 0.6 is 0 Å². The summed E-state index contributed by atoms with van der Waals surface area (Å²) >= 11 is 0. The number of aromatic nitrogens is 4. The maximum Gasteiger partial charge on any atom is 0.442 e. The number of ether oxygens (including phenoxy) is 1. The second-order valence-electron chi connectivity index (χ2n) is 4.96. The molecule has 3 heterocycles. The second kappa shape index (κ2) is 6.15. The average molecular weight is 291 g/mol. The van der Waals surface area contributed by atoms with Crippen LogP contribution < -0.4 is 5.76 Å². The van der Waals surface area contributed by atoms with E-state index in [2.05, 4.69) is 26.9 Å². The average Bonchev–Trinajstić information content (AvgIpc) is 2.88. The maximum absolute atomic E-state index is 11.8. The SMILES string of the molecule is CC1COCCN1CCn1c(-c2ncccn2)noc1=O. The Balaban J connectivity index is 1.76. The van der Waals surface area contributed by atoms with Crippen LogP contribution in [0, 0.1) is 0 Å². The molecule has 0 aromatic carbocycles. The number of rotatable bonds is 4. The lowest BCUT2D eigenvalue weighted by Crippen LogP contribution is -2.45. The van der Waals surface area contributed by atoms with E-state index in [0.717, 1.165) is 19.7 Å². The molecular formula is C13H17N5O3. The van der Waals surface area contributed by atoms with Gasteiger partial charge in [0.05, 0.1) is 13.2 Å². The molecule has 1 atom stereocenters. The monoisotopic (exact) mass is 291 g/mol. The van der Waals surface area contributed by atoms with Crippen LogP contribution in [0.2, 0.25) is 0 Å². The van der Waals surface area contributed by atoms with Crippen LogP contribution in [-0.2, 0) is 11.3 Å². The lowest BCUT2D eigenvalue weighted by molar-refractivity contribution is -0.00179. The van der Waals surface area contributed by atoms with Gasteiger partial charge in [0.2, 0.25) is 5.82 Å². The topological polar surface area (TPSA) is 86.3 Å². The van der Waals surface area contributed by atoms with E-state index in [0.29, 0.717) is 30.8 Å². The van der Waals surface area contributed by atoms with Crippen molar-refractivity contribution in [1.29, 1.82) is 0 Å². The fourth-order valence-electron chi connectivity index (χ4n) is 2.36. The van der Waals surface area contributed by atoms with Gasteiger partial charge in [0.25, 0.3) is 0 Å². The molecular weight excluding hydrogens is 274 g/mol. The fraction of sp³-hybridized carbons (Fsp3) is 0.538. The Bertz CT molecular complexity index is 639. The molecule has 0 N–H and O–H groups in total. The van der Waals surface area contributed by atoms with Gasteiger partial charge in [-0.25, -0.2) is 14.8 Å². The van der Waals surface area contributed by atoms with Gasteiger partial charge in [-0.05, 0) is 13.0 Å². The molecule has 1 aliphatic rings. The third-order valence-corrected chi connectivity index (χ3v) is 3.57. The molecule has 1 fully saturated rings. The van der Waals surface area contributed by atoms with Gasteiger partial charge in [-0.2, -0.15) is 0 Å². The highest BCUT2D eigenvalue weighted by Crippen LogP contribution is 2.10. The molecule has 0 spiro atoms. The Morgan fingerprint density at radius 3 is 2.90 bits per heavy atom. The number of morpholine rings is 1. The zero-order chi connectivity index (χ0) is 14.7. The van der Waals surface area contributed by atoms with Gasteiger partial charge >= 0.3 is 5.76 Å². The molecule has 2 aromatic heterocycles. The highest BCUT2D eigenvalue weighted by molar-refractivity contribution is 5.41. The molecule has 0 bridgehead atoms. The van der Waals surface area contributed by atoms with Gasteiger partial charge in [0, 0.05) is 38.1 Å². The van der Waals surface area contributed by atoms with Crippen molar-refractivity contribution in [3.8, 4) is 11.6 Å². The highest BCUT2D eigenvalue weighted by atomic mass is 16.5. The summed E-state index contributed by atoms with van der Waals surface area (Å²) in [6.07, 6.45) is 3.21. The molecule has 3 rings (SSSR count). The number of hydrogen-bond donors (Lipinski definition) is 0. The van der Waals surface area contributed by atoms with Crippen molar-refractivity contribution in [1.82, 2.24) is 24.6 Å². The van der Waals surface area contributed by atoms with Crippen molar-refractivity contribution in [2.45, 2.75) is 19.5 Å². The van der Waals surface area contributed by atoms with Crippen molar-refractivity contribution in [3.63, 3.8) is 0 Å². The summed E-state index contributed by atoms with van der Waals surface area (Å²) in [6, 6.07) is 2.05. The molecule has 2 aromatic rings. The Labute approximate surface area is 121 Å². The van der Waals surface area contributed by atoms with Gasteiger partial charge in [0.15, 0.2) is 5.82 Å². The first-order chi connectivity index (χ1) is 10.3. The van der Waals surface area contributed by atoms with Gasteiger partial charge in [-0.15, -0.1) is 0 Å².